The topological polar surface area (TPSA) is 15.3 Å². The minimum atomic E-state index is 0.302. The first kappa shape index (κ1) is 17.0. The summed E-state index contributed by atoms with van der Waals surface area (Å²) in [5.74, 6) is 0.655. The molecule has 120 valence electrons. The van der Waals surface area contributed by atoms with E-state index < -0.39 is 0 Å². The molecule has 0 amide bonds. The van der Waals surface area contributed by atoms with Crippen LogP contribution in [0, 0.1) is 5.92 Å². The van der Waals surface area contributed by atoms with Gasteiger partial charge in [-0.15, -0.1) is 11.3 Å². The summed E-state index contributed by atoms with van der Waals surface area (Å²) in [6, 6.07) is 5.75. The second-order valence-electron chi connectivity index (χ2n) is 6.81. The summed E-state index contributed by atoms with van der Waals surface area (Å²) in [5.41, 5.74) is 0.302. The van der Waals surface area contributed by atoms with Crippen molar-refractivity contribution in [3.8, 4) is 0 Å². The summed E-state index contributed by atoms with van der Waals surface area (Å²) in [7, 11) is 0. The highest BCUT2D eigenvalue weighted by Gasteiger charge is 2.40. The normalized spacial score (nSPS) is 24.4. The van der Waals surface area contributed by atoms with E-state index in [1.54, 1.807) is 0 Å². The summed E-state index contributed by atoms with van der Waals surface area (Å²) in [5, 5.41) is 6.09. The first-order valence-electron chi connectivity index (χ1n) is 8.61. The third kappa shape index (κ3) is 3.52. The van der Waals surface area contributed by atoms with Crippen molar-refractivity contribution in [1.82, 2.24) is 10.2 Å². The Kier molecular flexibility index (Phi) is 5.87. The van der Waals surface area contributed by atoms with Crippen molar-refractivity contribution in [2.75, 3.05) is 13.1 Å². The fourth-order valence-corrected chi connectivity index (χ4v) is 4.77. The molecule has 1 N–H and O–H groups in total. The Labute approximate surface area is 134 Å². The van der Waals surface area contributed by atoms with E-state index in [-0.39, 0.29) is 0 Å². The molecule has 3 heteroatoms. The third-order valence-electron chi connectivity index (χ3n) is 5.32. The van der Waals surface area contributed by atoms with Crippen LogP contribution in [-0.4, -0.2) is 29.6 Å². The Morgan fingerprint density at radius 1 is 1.33 bits per heavy atom. The molecule has 0 radical (unpaired) electrons. The standard InChI is InChI=1S/C18H32N2S/c1-6-15-12-19-18(7-2,8-3)13-20(15)17(14(4)5)16-10-9-11-21-16/h9-11,14-15,17,19H,6-8,12-13H2,1-5H3. The highest BCUT2D eigenvalue weighted by atomic mass is 32.1. The lowest BCUT2D eigenvalue weighted by atomic mass is 9.85. The molecular weight excluding hydrogens is 276 g/mol. The molecule has 1 fully saturated rings. The van der Waals surface area contributed by atoms with E-state index in [0.717, 1.165) is 6.54 Å². The predicted octanol–water partition coefficient (Wildman–Crippen LogP) is 4.69. The van der Waals surface area contributed by atoms with E-state index in [1.807, 2.05) is 11.3 Å². The van der Waals surface area contributed by atoms with Gasteiger partial charge in [-0.1, -0.05) is 40.7 Å². The number of hydrogen-bond acceptors (Lipinski definition) is 3. The van der Waals surface area contributed by atoms with Crippen LogP contribution >= 0.6 is 11.3 Å². The molecule has 0 aromatic carbocycles. The zero-order valence-electron chi connectivity index (χ0n) is 14.4. The lowest BCUT2D eigenvalue weighted by Gasteiger charge is -2.51. The van der Waals surface area contributed by atoms with Crippen molar-refractivity contribution in [3.63, 3.8) is 0 Å². The molecular formula is C18H32N2S. The smallest absolute Gasteiger partial charge is 0.0468 e. The van der Waals surface area contributed by atoms with Gasteiger partial charge in [0.2, 0.25) is 0 Å². The summed E-state index contributed by atoms with van der Waals surface area (Å²) >= 11 is 1.92. The second-order valence-corrected chi connectivity index (χ2v) is 7.79. The van der Waals surface area contributed by atoms with Crippen LogP contribution in [0.2, 0.25) is 0 Å². The van der Waals surface area contributed by atoms with E-state index in [1.165, 1.54) is 30.7 Å². The van der Waals surface area contributed by atoms with Crippen LogP contribution in [0.5, 0.6) is 0 Å². The van der Waals surface area contributed by atoms with E-state index in [0.29, 0.717) is 23.5 Å². The number of piperazine rings is 1. The fourth-order valence-electron chi connectivity index (χ4n) is 3.75. The molecule has 2 unspecified atom stereocenters. The van der Waals surface area contributed by atoms with Crippen LogP contribution in [0.3, 0.4) is 0 Å². The first-order chi connectivity index (χ1) is 10.1. The highest BCUT2D eigenvalue weighted by molar-refractivity contribution is 7.10. The van der Waals surface area contributed by atoms with Crippen LogP contribution in [0.25, 0.3) is 0 Å². The van der Waals surface area contributed by atoms with Gasteiger partial charge >= 0.3 is 0 Å². The Morgan fingerprint density at radius 2 is 2.05 bits per heavy atom. The van der Waals surface area contributed by atoms with Gasteiger partial charge in [-0.25, -0.2) is 0 Å². The average molecular weight is 309 g/mol. The number of hydrogen-bond donors (Lipinski definition) is 1. The molecule has 2 nitrogen and oxygen atoms in total. The van der Waals surface area contributed by atoms with Gasteiger partial charge in [0, 0.05) is 35.6 Å². The molecule has 0 spiro atoms. The largest absolute Gasteiger partial charge is 0.308 e. The first-order valence-corrected chi connectivity index (χ1v) is 9.49. The van der Waals surface area contributed by atoms with Crippen molar-refractivity contribution >= 4 is 11.3 Å². The van der Waals surface area contributed by atoms with Crippen molar-refractivity contribution in [2.45, 2.75) is 71.5 Å². The van der Waals surface area contributed by atoms with Crippen molar-refractivity contribution in [2.24, 2.45) is 5.92 Å². The Hall–Kier alpha value is -0.380. The molecule has 1 aliphatic heterocycles. The minimum Gasteiger partial charge on any atom is -0.308 e. The molecule has 0 aliphatic carbocycles. The van der Waals surface area contributed by atoms with Crippen molar-refractivity contribution in [1.29, 1.82) is 0 Å². The Balaban J connectivity index is 2.30. The molecule has 0 saturated carbocycles. The molecule has 2 rings (SSSR count). The number of nitrogens with one attached hydrogen (secondary N) is 1. The van der Waals surface area contributed by atoms with E-state index in [9.17, 15) is 0 Å². The van der Waals surface area contributed by atoms with Crippen molar-refractivity contribution in [3.05, 3.63) is 22.4 Å². The predicted molar refractivity (Wildman–Crippen MR) is 94.0 cm³/mol. The molecule has 2 heterocycles. The van der Waals surface area contributed by atoms with Crippen LogP contribution in [0.4, 0.5) is 0 Å². The molecule has 0 bridgehead atoms. The van der Waals surface area contributed by atoms with Gasteiger partial charge in [0.05, 0.1) is 0 Å². The van der Waals surface area contributed by atoms with Crippen LogP contribution in [-0.2, 0) is 0 Å². The Morgan fingerprint density at radius 3 is 2.52 bits per heavy atom. The van der Waals surface area contributed by atoms with Crippen LogP contribution in [0.1, 0.15) is 64.8 Å². The Bertz CT molecular complexity index is 409. The minimum absolute atomic E-state index is 0.302. The molecule has 2 atom stereocenters. The molecule has 1 aliphatic rings. The SMILES string of the molecule is CCC1CNC(CC)(CC)CN1C(c1cccs1)C(C)C. The maximum atomic E-state index is 3.86. The van der Waals surface area contributed by atoms with Gasteiger partial charge in [0.25, 0.3) is 0 Å². The number of nitrogens with zero attached hydrogens (tertiary/aromatic N) is 1. The van der Waals surface area contributed by atoms with Crippen molar-refractivity contribution < 1.29 is 0 Å². The number of rotatable bonds is 6. The third-order valence-corrected chi connectivity index (χ3v) is 6.26. The van der Waals surface area contributed by atoms with Gasteiger partial charge in [-0.05, 0) is 36.6 Å². The van der Waals surface area contributed by atoms with Gasteiger partial charge in [-0.3, -0.25) is 4.90 Å². The summed E-state index contributed by atoms with van der Waals surface area (Å²) in [6.07, 6.45) is 3.66. The van der Waals surface area contributed by atoms with Crippen LogP contribution in [0.15, 0.2) is 17.5 Å². The summed E-state index contributed by atoms with van der Waals surface area (Å²) in [6.45, 7) is 14.0. The van der Waals surface area contributed by atoms with E-state index in [4.69, 9.17) is 0 Å². The molecule has 1 saturated heterocycles. The zero-order chi connectivity index (χ0) is 15.5. The molecule has 1 aromatic heterocycles. The monoisotopic (exact) mass is 308 g/mol. The van der Waals surface area contributed by atoms with Gasteiger partial charge in [-0.2, -0.15) is 0 Å². The van der Waals surface area contributed by atoms with Gasteiger partial charge < -0.3 is 5.32 Å². The average Bonchev–Trinajstić information content (AvgIpc) is 3.01. The zero-order valence-corrected chi connectivity index (χ0v) is 15.2. The molecule has 1 aromatic rings. The lowest BCUT2D eigenvalue weighted by molar-refractivity contribution is 0.0187. The van der Waals surface area contributed by atoms with E-state index >= 15 is 0 Å². The van der Waals surface area contributed by atoms with E-state index in [2.05, 4.69) is 62.3 Å². The van der Waals surface area contributed by atoms with Gasteiger partial charge in [0.1, 0.15) is 0 Å². The fraction of sp³-hybridized carbons (Fsp3) is 0.778. The number of thiophene rings is 1. The quantitative estimate of drug-likeness (QED) is 0.820. The van der Waals surface area contributed by atoms with Crippen LogP contribution < -0.4 is 5.32 Å². The summed E-state index contributed by atoms with van der Waals surface area (Å²) < 4.78 is 0. The second kappa shape index (κ2) is 7.26. The highest BCUT2D eigenvalue weighted by Crippen LogP contribution is 2.37. The molecule has 21 heavy (non-hydrogen) atoms. The lowest BCUT2D eigenvalue weighted by Crippen LogP contribution is -2.64. The maximum Gasteiger partial charge on any atom is 0.0468 e. The maximum absolute atomic E-state index is 3.86. The summed E-state index contributed by atoms with van der Waals surface area (Å²) in [4.78, 5) is 4.34. The van der Waals surface area contributed by atoms with Gasteiger partial charge in [0.15, 0.2) is 0 Å².